The zero-order chi connectivity index (χ0) is 14.7. The molecule has 0 N–H and O–H groups in total. The number of aryl methyl sites for hydroxylation is 1. The van der Waals surface area contributed by atoms with Gasteiger partial charge in [0, 0.05) is 0 Å². The van der Waals surface area contributed by atoms with Crippen molar-refractivity contribution in [3.8, 4) is 18.1 Å². The summed E-state index contributed by atoms with van der Waals surface area (Å²) in [6.45, 7) is 2.95. The van der Waals surface area contributed by atoms with E-state index < -0.39 is 0 Å². The number of terminal acetylenes is 1. The molecule has 3 aromatic rings. The Morgan fingerprint density at radius 2 is 1.90 bits per heavy atom. The SMILES string of the molecule is C#CCn1c(COc2ccc(C)cc2)nc2ccccc21. The quantitative estimate of drug-likeness (QED) is 0.681. The van der Waals surface area contributed by atoms with Crippen LogP contribution >= 0.6 is 0 Å². The van der Waals surface area contributed by atoms with Crippen LogP contribution in [0, 0.1) is 19.3 Å². The Bertz CT molecular complexity index is 794. The number of ether oxygens (including phenoxy) is 1. The molecular formula is C18H16N2O. The highest BCUT2D eigenvalue weighted by Gasteiger charge is 2.10. The van der Waals surface area contributed by atoms with E-state index in [1.54, 1.807) is 0 Å². The molecule has 0 aliphatic carbocycles. The fourth-order valence-corrected chi connectivity index (χ4v) is 2.29. The molecule has 3 nitrogen and oxygen atoms in total. The second kappa shape index (κ2) is 5.72. The Hall–Kier alpha value is -2.73. The molecule has 0 saturated carbocycles. The summed E-state index contributed by atoms with van der Waals surface area (Å²) >= 11 is 0. The number of para-hydroxylation sites is 2. The Labute approximate surface area is 124 Å². The molecule has 0 amide bonds. The summed E-state index contributed by atoms with van der Waals surface area (Å²) in [7, 11) is 0. The van der Waals surface area contributed by atoms with Gasteiger partial charge in [-0.05, 0) is 31.2 Å². The van der Waals surface area contributed by atoms with Crippen molar-refractivity contribution in [2.45, 2.75) is 20.1 Å². The van der Waals surface area contributed by atoms with Crippen molar-refractivity contribution >= 4 is 11.0 Å². The van der Waals surface area contributed by atoms with E-state index in [4.69, 9.17) is 11.2 Å². The molecule has 0 aliphatic rings. The minimum Gasteiger partial charge on any atom is -0.486 e. The molecule has 0 saturated heterocycles. The fourth-order valence-electron chi connectivity index (χ4n) is 2.29. The molecule has 0 atom stereocenters. The average molecular weight is 276 g/mol. The minimum absolute atomic E-state index is 0.402. The van der Waals surface area contributed by atoms with Gasteiger partial charge in [-0.1, -0.05) is 35.7 Å². The van der Waals surface area contributed by atoms with Crippen LogP contribution in [0.4, 0.5) is 0 Å². The summed E-state index contributed by atoms with van der Waals surface area (Å²) in [5.41, 5.74) is 3.19. The van der Waals surface area contributed by atoms with E-state index in [2.05, 4.69) is 17.8 Å². The van der Waals surface area contributed by atoms with Gasteiger partial charge in [-0.2, -0.15) is 0 Å². The first-order valence-electron chi connectivity index (χ1n) is 6.85. The Balaban J connectivity index is 1.87. The van der Waals surface area contributed by atoms with Gasteiger partial charge < -0.3 is 9.30 Å². The van der Waals surface area contributed by atoms with E-state index in [0.717, 1.165) is 22.6 Å². The summed E-state index contributed by atoms with van der Waals surface area (Å²) in [6.07, 6.45) is 5.46. The number of hydrogen-bond donors (Lipinski definition) is 0. The van der Waals surface area contributed by atoms with Crippen LogP contribution in [0.1, 0.15) is 11.4 Å². The van der Waals surface area contributed by atoms with Crippen molar-refractivity contribution in [2.24, 2.45) is 0 Å². The lowest BCUT2D eigenvalue weighted by Gasteiger charge is -2.08. The third-order valence-corrected chi connectivity index (χ3v) is 3.37. The molecule has 1 heterocycles. The van der Waals surface area contributed by atoms with Gasteiger partial charge >= 0.3 is 0 Å². The van der Waals surface area contributed by atoms with Crippen LogP contribution in [0.3, 0.4) is 0 Å². The molecule has 0 unspecified atom stereocenters. The molecule has 1 aromatic heterocycles. The summed E-state index contributed by atoms with van der Waals surface area (Å²) in [4.78, 5) is 4.61. The van der Waals surface area contributed by atoms with Gasteiger partial charge in [0.15, 0.2) is 0 Å². The van der Waals surface area contributed by atoms with Gasteiger partial charge in [0.1, 0.15) is 18.2 Å². The largest absolute Gasteiger partial charge is 0.486 e. The van der Waals surface area contributed by atoms with Crippen molar-refractivity contribution < 1.29 is 4.74 Å². The summed E-state index contributed by atoms with van der Waals surface area (Å²) in [5, 5.41) is 0. The van der Waals surface area contributed by atoms with Crippen LogP contribution in [0.15, 0.2) is 48.5 Å². The van der Waals surface area contributed by atoms with Crippen molar-refractivity contribution in [3.05, 3.63) is 59.9 Å². The van der Waals surface area contributed by atoms with Gasteiger partial charge in [0.25, 0.3) is 0 Å². The first-order valence-corrected chi connectivity index (χ1v) is 6.85. The van der Waals surface area contributed by atoms with Gasteiger partial charge in [-0.15, -0.1) is 6.42 Å². The molecule has 0 aliphatic heterocycles. The second-order valence-corrected chi connectivity index (χ2v) is 4.91. The standard InChI is InChI=1S/C18H16N2O/c1-3-12-20-17-7-5-4-6-16(17)19-18(20)13-21-15-10-8-14(2)9-11-15/h1,4-11H,12-13H2,2H3. The highest BCUT2D eigenvalue weighted by atomic mass is 16.5. The molecular weight excluding hydrogens is 260 g/mol. The number of nitrogens with zero attached hydrogens (tertiary/aromatic N) is 2. The highest BCUT2D eigenvalue weighted by molar-refractivity contribution is 5.76. The van der Waals surface area contributed by atoms with E-state index in [1.807, 2.05) is 53.1 Å². The Kier molecular flexibility index (Phi) is 3.61. The first-order chi connectivity index (χ1) is 10.3. The van der Waals surface area contributed by atoms with Gasteiger partial charge in [-0.25, -0.2) is 4.98 Å². The predicted molar refractivity (Wildman–Crippen MR) is 84.1 cm³/mol. The van der Waals surface area contributed by atoms with E-state index in [-0.39, 0.29) is 0 Å². The summed E-state index contributed by atoms with van der Waals surface area (Å²) in [5.74, 6) is 4.35. The number of benzene rings is 2. The summed E-state index contributed by atoms with van der Waals surface area (Å²) < 4.78 is 7.83. The smallest absolute Gasteiger partial charge is 0.148 e. The van der Waals surface area contributed by atoms with Crippen LogP contribution < -0.4 is 4.74 Å². The van der Waals surface area contributed by atoms with Crippen molar-refractivity contribution in [3.63, 3.8) is 0 Å². The van der Waals surface area contributed by atoms with E-state index in [1.165, 1.54) is 5.56 Å². The second-order valence-electron chi connectivity index (χ2n) is 4.91. The average Bonchev–Trinajstić information content (AvgIpc) is 2.85. The van der Waals surface area contributed by atoms with Crippen LogP contribution in [0.25, 0.3) is 11.0 Å². The van der Waals surface area contributed by atoms with Crippen molar-refractivity contribution in [1.29, 1.82) is 0 Å². The van der Waals surface area contributed by atoms with Gasteiger partial charge in [0.2, 0.25) is 0 Å². The Morgan fingerprint density at radius 3 is 2.67 bits per heavy atom. The zero-order valence-electron chi connectivity index (χ0n) is 11.9. The van der Waals surface area contributed by atoms with Crippen LogP contribution in [0.2, 0.25) is 0 Å². The summed E-state index contributed by atoms with van der Waals surface area (Å²) in [6, 6.07) is 15.9. The first kappa shape index (κ1) is 13.3. The monoisotopic (exact) mass is 276 g/mol. The maximum absolute atomic E-state index is 5.81. The number of rotatable bonds is 4. The van der Waals surface area contributed by atoms with Gasteiger partial charge in [-0.3, -0.25) is 0 Å². The molecule has 0 radical (unpaired) electrons. The lowest BCUT2D eigenvalue weighted by Crippen LogP contribution is -2.06. The molecule has 3 heteroatoms. The molecule has 104 valence electrons. The van der Waals surface area contributed by atoms with E-state index in [0.29, 0.717) is 13.2 Å². The number of fused-ring (bicyclic) bond motifs is 1. The minimum atomic E-state index is 0.402. The third-order valence-electron chi connectivity index (χ3n) is 3.37. The molecule has 0 spiro atoms. The number of imidazole rings is 1. The fraction of sp³-hybridized carbons (Fsp3) is 0.167. The molecule has 21 heavy (non-hydrogen) atoms. The lowest BCUT2D eigenvalue weighted by molar-refractivity contribution is 0.291. The topological polar surface area (TPSA) is 27.1 Å². The maximum Gasteiger partial charge on any atom is 0.148 e. The molecule has 3 rings (SSSR count). The number of hydrogen-bond acceptors (Lipinski definition) is 2. The predicted octanol–water partition coefficient (Wildman–Crippen LogP) is 3.56. The molecule has 2 aromatic carbocycles. The van der Waals surface area contributed by atoms with Crippen molar-refractivity contribution in [1.82, 2.24) is 9.55 Å². The molecule has 0 fully saturated rings. The third kappa shape index (κ3) is 2.75. The van der Waals surface area contributed by atoms with Crippen LogP contribution in [-0.2, 0) is 13.2 Å². The maximum atomic E-state index is 5.81. The van der Waals surface area contributed by atoms with Gasteiger partial charge in [0.05, 0.1) is 17.6 Å². The van der Waals surface area contributed by atoms with Crippen LogP contribution in [-0.4, -0.2) is 9.55 Å². The van der Waals surface area contributed by atoms with E-state index >= 15 is 0 Å². The van der Waals surface area contributed by atoms with E-state index in [9.17, 15) is 0 Å². The number of aromatic nitrogens is 2. The van der Waals surface area contributed by atoms with Crippen LogP contribution in [0.5, 0.6) is 5.75 Å². The Morgan fingerprint density at radius 1 is 1.14 bits per heavy atom. The highest BCUT2D eigenvalue weighted by Crippen LogP contribution is 2.18. The zero-order valence-corrected chi connectivity index (χ0v) is 11.9. The lowest BCUT2D eigenvalue weighted by atomic mass is 10.2. The normalized spacial score (nSPS) is 10.5. The molecule has 0 bridgehead atoms. The van der Waals surface area contributed by atoms with Crippen molar-refractivity contribution in [2.75, 3.05) is 0 Å².